The molecule has 31 heavy (non-hydrogen) atoms. The van der Waals surface area contributed by atoms with E-state index in [-0.39, 0.29) is 18.6 Å². The zero-order valence-electron chi connectivity index (χ0n) is 17.2. The van der Waals surface area contributed by atoms with Crippen molar-refractivity contribution < 1.29 is 33.4 Å². The molecule has 2 rings (SSSR count). The maximum Gasteiger partial charge on any atom is 0.408 e. The van der Waals surface area contributed by atoms with Gasteiger partial charge in [0, 0.05) is 6.42 Å². The molecule has 0 heterocycles. The van der Waals surface area contributed by atoms with Crippen LogP contribution in [0.3, 0.4) is 0 Å². The number of aliphatic hydroxyl groups is 1. The van der Waals surface area contributed by atoms with Gasteiger partial charge in [-0.1, -0.05) is 48.5 Å². The van der Waals surface area contributed by atoms with Gasteiger partial charge in [0.05, 0.1) is 13.2 Å². The van der Waals surface area contributed by atoms with Crippen molar-refractivity contribution >= 4 is 18.0 Å². The fourth-order valence-corrected chi connectivity index (χ4v) is 2.78. The summed E-state index contributed by atoms with van der Waals surface area (Å²) in [5.41, 5.74) is 0.938. The summed E-state index contributed by atoms with van der Waals surface area (Å²) in [7, 11) is 1.13. The highest BCUT2D eigenvalue weighted by atomic mass is 19.1. The highest BCUT2D eigenvalue weighted by molar-refractivity contribution is 5.90. The number of halogens is 1. The van der Waals surface area contributed by atoms with E-state index in [1.165, 1.54) is 25.1 Å². The van der Waals surface area contributed by atoms with Crippen LogP contribution in [0, 0.1) is 5.82 Å². The standard InChI is InChI=1S/C22H25FN2O6/c1-14(26)19(25-22(29)31-13-15-8-4-3-5-9-15)20(27)24-18(21(28)30-2)12-16-10-6-7-11-17(16)23/h3-11,14,18-19,26H,12-13H2,1-2H3,(H,24,27)(H,25,29)/t14-,18-,19+/m1/s1. The zero-order chi connectivity index (χ0) is 22.8. The van der Waals surface area contributed by atoms with Gasteiger partial charge in [0.2, 0.25) is 5.91 Å². The maximum atomic E-state index is 14.0. The first-order valence-electron chi connectivity index (χ1n) is 9.58. The number of alkyl carbamates (subject to hydrolysis) is 1. The molecule has 2 amide bonds. The molecule has 0 aliphatic heterocycles. The van der Waals surface area contributed by atoms with Gasteiger partial charge in [-0.3, -0.25) is 4.79 Å². The van der Waals surface area contributed by atoms with Gasteiger partial charge in [0.15, 0.2) is 0 Å². The number of esters is 1. The van der Waals surface area contributed by atoms with E-state index >= 15 is 0 Å². The van der Waals surface area contributed by atoms with Crippen molar-refractivity contribution in [3.05, 3.63) is 71.5 Å². The van der Waals surface area contributed by atoms with E-state index < -0.39 is 42.0 Å². The molecule has 0 bridgehead atoms. The molecule has 0 aliphatic rings. The SMILES string of the molecule is COC(=O)[C@@H](Cc1ccccc1F)NC(=O)[C@@H](NC(=O)OCc1ccccc1)[C@@H](C)O. The quantitative estimate of drug-likeness (QED) is 0.520. The molecule has 0 fully saturated rings. The fraction of sp³-hybridized carbons (Fsp3) is 0.318. The van der Waals surface area contributed by atoms with Crippen molar-refractivity contribution in [2.45, 2.75) is 38.1 Å². The minimum Gasteiger partial charge on any atom is -0.467 e. The number of rotatable bonds is 9. The molecule has 3 atom stereocenters. The number of carbonyl (C=O) groups excluding carboxylic acids is 3. The third-order valence-corrected chi connectivity index (χ3v) is 4.44. The molecular formula is C22H25FN2O6. The van der Waals surface area contributed by atoms with E-state index in [1.807, 2.05) is 6.07 Å². The normalized spacial score (nSPS) is 13.4. The Morgan fingerprint density at radius 3 is 2.29 bits per heavy atom. The number of carbonyl (C=O) groups is 3. The first kappa shape index (κ1) is 23.8. The van der Waals surface area contributed by atoms with Crippen LogP contribution in [0.2, 0.25) is 0 Å². The molecule has 0 saturated carbocycles. The average molecular weight is 432 g/mol. The van der Waals surface area contributed by atoms with E-state index in [0.29, 0.717) is 0 Å². The summed E-state index contributed by atoms with van der Waals surface area (Å²) in [4.78, 5) is 36.8. The first-order valence-corrected chi connectivity index (χ1v) is 9.58. The molecular weight excluding hydrogens is 407 g/mol. The van der Waals surface area contributed by atoms with Crippen LogP contribution >= 0.6 is 0 Å². The van der Waals surface area contributed by atoms with Gasteiger partial charge in [-0.05, 0) is 24.1 Å². The number of amides is 2. The predicted octanol–water partition coefficient (Wildman–Crippen LogP) is 1.70. The lowest BCUT2D eigenvalue weighted by molar-refractivity contribution is -0.145. The number of benzene rings is 2. The van der Waals surface area contributed by atoms with E-state index in [4.69, 9.17) is 4.74 Å². The van der Waals surface area contributed by atoms with Gasteiger partial charge in [-0.15, -0.1) is 0 Å². The minimum atomic E-state index is -1.41. The highest BCUT2D eigenvalue weighted by Gasteiger charge is 2.31. The Labute approximate surface area is 179 Å². The molecule has 9 heteroatoms. The zero-order valence-corrected chi connectivity index (χ0v) is 17.2. The monoisotopic (exact) mass is 432 g/mol. The largest absolute Gasteiger partial charge is 0.467 e. The van der Waals surface area contributed by atoms with Gasteiger partial charge < -0.3 is 25.2 Å². The molecule has 0 radical (unpaired) electrons. The van der Waals surface area contributed by atoms with Crippen LogP contribution in [-0.4, -0.2) is 48.4 Å². The van der Waals surface area contributed by atoms with E-state index in [0.717, 1.165) is 12.7 Å². The number of methoxy groups -OCH3 is 1. The summed E-state index contributed by atoms with van der Waals surface area (Å²) in [5, 5.41) is 14.6. The summed E-state index contributed by atoms with van der Waals surface area (Å²) < 4.78 is 23.7. The summed E-state index contributed by atoms with van der Waals surface area (Å²) in [6, 6.07) is 12.1. The molecule has 2 aromatic carbocycles. The van der Waals surface area contributed by atoms with Gasteiger partial charge in [-0.2, -0.15) is 0 Å². The molecule has 8 nitrogen and oxygen atoms in total. The maximum absolute atomic E-state index is 14.0. The van der Waals surface area contributed by atoms with Crippen molar-refractivity contribution in [1.82, 2.24) is 10.6 Å². The molecule has 0 spiro atoms. The van der Waals surface area contributed by atoms with Crippen LogP contribution in [0.15, 0.2) is 54.6 Å². The number of nitrogens with one attached hydrogen (secondary N) is 2. The van der Waals surface area contributed by atoms with Gasteiger partial charge in [0.25, 0.3) is 0 Å². The molecule has 0 saturated heterocycles. The Hall–Kier alpha value is -3.46. The second-order valence-corrected chi connectivity index (χ2v) is 6.80. The summed E-state index contributed by atoms with van der Waals surface area (Å²) >= 11 is 0. The Balaban J connectivity index is 2.03. The molecule has 166 valence electrons. The van der Waals surface area contributed by atoms with E-state index in [1.54, 1.807) is 30.3 Å². The summed E-state index contributed by atoms with van der Waals surface area (Å²) in [6.45, 7) is 1.27. The number of hydrogen-bond donors (Lipinski definition) is 3. The lowest BCUT2D eigenvalue weighted by Crippen LogP contribution is -2.56. The number of ether oxygens (including phenoxy) is 2. The summed E-state index contributed by atoms with van der Waals surface area (Å²) in [6.07, 6.45) is -2.39. The van der Waals surface area contributed by atoms with Crippen molar-refractivity contribution in [1.29, 1.82) is 0 Å². The Kier molecular flexibility index (Phi) is 8.95. The molecule has 0 unspecified atom stereocenters. The van der Waals surface area contributed by atoms with Crippen molar-refractivity contribution in [3.63, 3.8) is 0 Å². The van der Waals surface area contributed by atoms with Crippen LogP contribution in [0.4, 0.5) is 9.18 Å². The van der Waals surface area contributed by atoms with Crippen molar-refractivity contribution in [3.8, 4) is 0 Å². The van der Waals surface area contributed by atoms with Crippen molar-refractivity contribution in [2.75, 3.05) is 7.11 Å². The third-order valence-electron chi connectivity index (χ3n) is 4.44. The van der Waals surface area contributed by atoms with E-state index in [9.17, 15) is 23.9 Å². The lowest BCUT2D eigenvalue weighted by Gasteiger charge is -2.24. The second-order valence-electron chi connectivity index (χ2n) is 6.80. The first-order chi connectivity index (χ1) is 14.8. The minimum absolute atomic E-state index is 0.0289. The molecule has 2 aromatic rings. The van der Waals surface area contributed by atoms with Crippen LogP contribution in [-0.2, 0) is 32.1 Å². The van der Waals surface area contributed by atoms with Crippen molar-refractivity contribution in [2.24, 2.45) is 0 Å². The third kappa shape index (κ3) is 7.38. The predicted molar refractivity (Wildman–Crippen MR) is 109 cm³/mol. The van der Waals surface area contributed by atoms with Crippen LogP contribution in [0.25, 0.3) is 0 Å². The van der Waals surface area contributed by atoms with E-state index in [2.05, 4.69) is 15.4 Å². The molecule has 0 aliphatic carbocycles. The Bertz CT molecular complexity index is 891. The molecule has 0 aromatic heterocycles. The highest BCUT2D eigenvalue weighted by Crippen LogP contribution is 2.11. The lowest BCUT2D eigenvalue weighted by atomic mass is 10.0. The average Bonchev–Trinajstić information content (AvgIpc) is 2.76. The van der Waals surface area contributed by atoms with Gasteiger partial charge in [0.1, 0.15) is 24.5 Å². The van der Waals surface area contributed by atoms with Gasteiger partial charge >= 0.3 is 12.1 Å². The van der Waals surface area contributed by atoms with Crippen LogP contribution < -0.4 is 10.6 Å². The Morgan fingerprint density at radius 2 is 1.68 bits per heavy atom. The Morgan fingerprint density at radius 1 is 1.03 bits per heavy atom. The number of aliphatic hydroxyl groups excluding tert-OH is 1. The van der Waals surface area contributed by atoms with Crippen LogP contribution in [0.5, 0.6) is 0 Å². The van der Waals surface area contributed by atoms with Gasteiger partial charge in [-0.25, -0.2) is 14.0 Å². The fourth-order valence-electron chi connectivity index (χ4n) is 2.78. The second kappa shape index (κ2) is 11.7. The summed E-state index contributed by atoms with van der Waals surface area (Å²) in [5.74, 6) is -2.19. The smallest absolute Gasteiger partial charge is 0.408 e. The molecule has 3 N–H and O–H groups in total. The van der Waals surface area contributed by atoms with Crippen LogP contribution in [0.1, 0.15) is 18.1 Å². The number of hydrogen-bond acceptors (Lipinski definition) is 6. The topological polar surface area (TPSA) is 114 Å².